The molecule has 3 heterocycles. The van der Waals surface area contributed by atoms with Gasteiger partial charge >= 0.3 is 0 Å². The first-order chi connectivity index (χ1) is 20.9. The molecule has 3 N–H and O–H groups in total. The second kappa shape index (κ2) is 14.1. The number of rotatable bonds is 6. The maximum absolute atomic E-state index is 12.9. The van der Waals surface area contributed by atoms with Gasteiger partial charge in [-0.2, -0.15) is 0 Å². The van der Waals surface area contributed by atoms with Crippen LogP contribution in [0.2, 0.25) is 0 Å². The molecule has 0 atom stereocenters. The third-order valence-electron chi connectivity index (χ3n) is 8.20. The molecule has 2 saturated heterocycles. The van der Waals surface area contributed by atoms with Crippen LogP contribution in [-0.2, 0) is 14.9 Å². The number of nitrogens with zero attached hydrogens (tertiary/aromatic N) is 3. The van der Waals surface area contributed by atoms with Crippen LogP contribution in [0.1, 0.15) is 33.8 Å². The number of para-hydroxylation sites is 2. The summed E-state index contributed by atoms with van der Waals surface area (Å²) in [5.74, 6) is -0.179. The monoisotopic (exact) mass is 599 g/mol. The summed E-state index contributed by atoms with van der Waals surface area (Å²) in [6.07, 6.45) is 1.71. The van der Waals surface area contributed by atoms with Gasteiger partial charge in [-0.3, -0.25) is 4.79 Å². The van der Waals surface area contributed by atoms with Gasteiger partial charge in [-0.25, -0.2) is 4.98 Å². The number of hydrogen-bond donors (Lipinski definition) is 2. The molecular weight excluding hydrogens is 558 g/mol. The van der Waals surface area contributed by atoms with Crippen molar-refractivity contribution in [1.29, 1.82) is 0 Å². The summed E-state index contributed by atoms with van der Waals surface area (Å²) in [7, 11) is 5.43. The van der Waals surface area contributed by atoms with E-state index in [9.17, 15) is 4.79 Å². The molecule has 2 aliphatic heterocycles. The number of nitrogen functional groups attached to an aromatic ring is 1. The predicted octanol–water partition coefficient (Wildman–Crippen LogP) is 5.76. The molecule has 9 heteroatoms. The van der Waals surface area contributed by atoms with E-state index >= 15 is 0 Å². The summed E-state index contributed by atoms with van der Waals surface area (Å²) >= 11 is 1.72. The van der Waals surface area contributed by atoms with Crippen molar-refractivity contribution in [3.05, 3.63) is 94.3 Å². The molecule has 0 spiro atoms. The second-order valence-electron chi connectivity index (χ2n) is 11.1. The Morgan fingerprint density at radius 3 is 2.26 bits per heavy atom. The number of aromatic nitrogens is 1. The first-order valence-electron chi connectivity index (χ1n) is 14.7. The van der Waals surface area contributed by atoms with Gasteiger partial charge < -0.3 is 30.3 Å². The van der Waals surface area contributed by atoms with E-state index in [1.165, 1.54) is 5.69 Å². The number of methoxy groups -OCH3 is 1. The first kappa shape index (κ1) is 30.7. The summed E-state index contributed by atoms with van der Waals surface area (Å²) in [5.41, 5.74) is 12.1. The lowest BCUT2D eigenvalue weighted by atomic mass is 9.74. The fraction of sp³-hybridized carbons (Fsp3) is 0.353. The Hall–Kier alpha value is -3.76. The van der Waals surface area contributed by atoms with Crippen molar-refractivity contribution in [3.63, 3.8) is 0 Å². The van der Waals surface area contributed by atoms with Crippen LogP contribution in [0.5, 0.6) is 0 Å². The Morgan fingerprint density at radius 2 is 1.60 bits per heavy atom. The number of nitrogens with one attached hydrogen (secondary N) is 1. The maximum Gasteiger partial charge on any atom is 0.255 e. The van der Waals surface area contributed by atoms with Crippen LogP contribution in [-0.4, -0.2) is 76.5 Å². The Balaban J connectivity index is 0.00000118. The molecule has 2 aliphatic rings. The molecule has 8 nitrogen and oxygen atoms in total. The molecule has 4 aromatic rings. The largest absolute Gasteiger partial charge is 0.397 e. The topological polar surface area (TPSA) is 93.0 Å². The molecule has 0 aliphatic carbocycles. The minimum atomic E-state index is -0.236. The minimum absolute atomic E-state index is 0.179. The lowest BCUT2D eigenvalue weighted by molar-refractivity contribution is 0.0630. The van der Waals surface area contributed by atoms with E-state index in [0.717, 1.165) is 60.8 Å². The van der Waals surface area contributed by atoms with Crippen LogP contribution < -0.4 is 16.0 Å². The van der Waals surface area contributed by atoms with Crippen molar-refractivity contribution < 1.29 is 14.3 Å². The first-order valence-corrected chi connectivity index (χ1v) is 15.6. The van der Waals surface area contributed by atoms with Crippen LogP contribution in [0.25, 0.3) is 11.3 Å². The van der Waals surface area contributed by atoms with Crippen molar-refractivity contribution in [1.82, 2.24) is 9.88 Å². The molecule has 0 radical (unpaired) electrons. The van der Waals surface area contributed by atoms with Gasteiger partial charge in [0.1, 0.15) is 5.01 Å². The van der Waals surface area contributed by atoms with Gasteiger partial charge in [-0.15, -0.1) is 11.3 Å². The average molecular weight is 600 g/mol. The molecule has 1 amide bonds. The molecule has 0 unspecified atom stereocenters. The fourth-order valence-electron chi connectivity index (χ4n) is 5.63. The highest BCUT2D eigenvalue weighted by atomic mass is 32.1. The van der Waals surface area contributed by atoms with Gasteiger partial charge in [0.25, 0.3) is 5.91 Å². The molecule has 6 rings (SSSR count). The fourth-order valence-corrected chi connectivity index (χ4v) is 6.74. The third kappa shape index (κ3) is 7.08. The van der Waals surface area contributed by atoms with Crippen molar-refractivity contribution in [2.75, 3.05) is 76.6 Å². The van der Waals surface area contributed by atoms with Gasteiger partial charge in [0.2, 0.25) is 0 Å². The Kier molecular flexibility index (Phi) is 10.1. The zero-order valence-electron chi connectivity index (χ0n) is 25.2. The smallest absolute Gasteiger partial charge is 0.255 e. The molecule has 1 aromatic heterocycles. The number of carbonyl (C=O) groups excluding carboxylic acids is 1. The Labute approximate surface area is 258 Å². The number of benzene rings is 3. The molecule has 3 aromatic carbocycles. The number of nitrogens with two attached hydrogens (primary N) is 1. The van der Waals surface area contributed by atoms with Gasteiger partial charge in [-0.1, -0.05) is 36.4 Å². The van der Waals surface area contributed by atoms with Crippen LogP contribution in [0.15, 0.2) is 78.2 Å². The van der Waals surface area contributed by atoms with E-state index in [1.54, 1.807) is 37.7 Å². The Bertz CT molecular complexity index is 1470. The molecule has 2 fully saturated rings. The van der Waals surface area contributed by atoms with E-state index in [2.05, 4.69) is 68.7 Å². The normalized spacial score (nSPS) is 16.7. The van der Waals surface area contributed by atoms with Crippen molar-refractivity contribution >= 4 is 34.3 Å². The van der Waals surface area contributed by atoms with Gasteiger partial charge in [0, 0.05) is 75.8 Å². The summed E-state index contributed by atoms with van der Waals surface area (Å²) in [5, 5.41) is 6.19. The Morgan fingerprint density at radius 1 is 0.953 bits per heavy atom. The summed E-state index contributed by atoms with van der Waals surface area (Å²) in [6, 6.07) is 24.0. The van der Waals surface area contributed by atoms with Crippen LogP contribution in [0.3, 0.4) is 0 Å². The predicted molar refractivity (Wildman–Crippen MR) is 176 cm³/mol. The number of anilines is 3. The van der Waals surface area contributed by atoms with Crippen LogP contribution in [0.4, 0.5) is 17.1 Å². The van der Waals surface area contributed by atoms with E-state index in [0.29, 0.717) is 30.2 Å². The van der Waals surface area contributed by atoms with Crippen molar-refractivity contribution in [2.24, 2.45) is 0 Å². The second-order valence-corrected chi connectivity index (χ2v) is 12.0. The standard InChI is InChI=1S/C32H35N5O2S.C2H6O/c1-36-16-18-37(19-17-36)26-12-8-23(9-13-26)29-22-40-31(35-29)32(14-20-39-21-15-32)25-10-6-24(7-11-25)30(38)34-28-5-3-2-4-27(28)33;1-3-2/h2-13,22H,14-21,33H2,1H3,(H,34,38);1-2H3. The number of thiazole rings is 1. The van der Waals surface area contributed by atoms with Crippen LogP contribution >= 0.6 is 11.3 Å². The minimum Gasteiger partial charge on any atom is -0.397 e. The maximum atomic E-state index is 12.9. The number of ether oxygens (including phenoxy) is 2. The van der Waals surface area contributed by atoms with E-state index in [4.69, 9.17) is 15.5 Å². The van der Waals surface area contributed by atoms with E-state index < -0.39 is 0 Å². The quantitative estimate of drug-likeness (QED) is 0.273. The number of amides is 1. The number of carbonyl (C=O) groups is 1. The molecular formula is C34H41N5O3S. The lowest BCUT2D eigenvalue weighted by Gasteiger charge is -2.36. The van der Waals surface area contributed by atoms with Crippen molar-refractivity contribution in [2.45, 2.75) is 18.3 Å². The average Bonchev–Trinajstić information content (AvgIpc) is 3.55. The zero-order chi connectivity index (χ0) is 30.2. The molecule has 0 bridgehead atoms. The van der Waals surface area contributed by atoms with Crippen molar-refractivity contribution in [3.8, 4) is 11.3 Å². The molecule has 226 valence electrons. The number of likely N-dealkylation sites (N-methyl/N-ethyl adjacent to an activating group) is 1. The lowest BCUT2D eigenvalue weighted by Crippen LogP contribution is -2.44. The van der Waals surface area contributed by atoms with Gasteiger partial charge in [0.15, 0.2) is 0 Å². The third-order valence-corrected chi connectivity index (χ3v) is 9.25. The van der Waals surface area contributed by atoms with E-state index in [-0.39, 0.29) is 11.3 Å². The van der Waals surface area contributed by atoms with Gasteiger partial charge in [0.05, 0.1) is 22.5 Å². The SMILES string of the molecule is CN1CCN(c2ccc(-c3csc(C4(c5ccc(C(=O)Nc6ccccc6N)cc5)CCOCC4)n3)cc2)CC1.COC. The van der Waals surface area contributed by atoms with E-state index in [1.807, 2.05) is 24.3 Å². The highest BCUT2D eigenvalue weighted by Crippen LogP contribution is 2.43. The highest BCUT2D eigenvalue weighted by Gasteiger charge is 2.39. The zero-order valence-corrected chi connectivity index (χ0v) is 26.0. The van der Waals surface area contributed by atoms with Gasteiger partial charge in [-0.05, 0) is 61.9 Å². The number of piperazine rings is 1. The molecule has 0 saturated carbocycles. The summed E-state index contributed by atoms with van der Waals surface area (Å²) < 4.78 is 10.0. The highest BCUT2D eigenvalue weighted by molar-refractivity contribution is 7.10. The van der Waals surface area contributed by atoms with Crippen LogP contribution in [0, 0.1) is 0 Å². The summed E-state index contributed by atoms with van der Waals surface area (Å²) in [4.78, 5) is 22.9. The number of hydrogen-bond acceptors (Lipinski definition) is 8. The molecule has 43 heavy (non-hydrogen) atoms. The summed E-state index contributed by atoms with van der Waals surface area (Å²) in [6.45, 7) is 5.67.